The van der Waals surface area contributed by atoms with Gasteiger partial charge in [-0.05, 0) is 133 Å². The van der Waals surface area contributed by atoms with Crippen LogP contribution in [-0.4, -0.2) is 0 Å². The third kappa shape index (κ3) is 6.47. The molecule has 0 bridgehead atoms. The highest BCUT2D eigenvalue weighted by Gasteiger charge is 2.16. The summed E-state index contributed by atoms with van der Waals surface area (Å²) in [6, 6.07) is 71.2. The van der Waals surface area contributed by atoms with Gasteiger partial charge in [-0.1, -0.05) is 159 Å². The number of hydrogen-bond donors (Lipinski definition) is 0. The summed E-state index contributed by atoms with van der Waals surface area (Å²) in [5, 5.41) is 7.67. The first kappa shape index (κ1) is 32.5. The molecule has 0 aliphatic heterocycles. The molecule has 0 atom stereocenters. The fourth-order valence-corrected chi connectivity index (χ4v) is 7.80. The topological polar surface area (TPSA) is 3.24 Å². The number of rotatable bonds is 9. The van der Waals surface area contributed by atoms with Crippen LogP contribution >= 0.6 is 0 Å². The lowest BCUT2D eigenvalue weighted by Gasteiger charge is -2.26. The van der Waals surface area contributed by atoms with Crippen molar-refractivity contribution in [1.82, 2.24) is 0 Å². The van der Waals surface area contributed by atoms with Gasteiger partial charge in [-0.3, -0.25) is 0 Å². The summed E-state index contributed by atoms with van der Waals surface area (Å²) >= 11 is 0. The molecule has 0 unspecified atom stereocenters. The van der Waals surface area contributed by atoms with Gasteiger partial charge >= 0.3 is 0 Å². The Bertz CT molecular complexity index is 2690. The zero-order valence-electron chi connectivity index (χ0n) is 30.0. The molecule has 0 radical (unpaired) electrons. The normalized spacial score (nSPS) is 11.3. The smallest absolute Gasteiger partial charge is 0.0467 e. The highest BCUT2D eigenvalue weighted by molar-refractivity contribution is 6.14. The fourth-order valence-electron chi connectivity index (χ4n) is 7.80. The second kappa shape index (κ2) is 14.3. The average molecular weight is 680 g/mol. The van der Waals surface area contributed by atoms with Crippen LogP contribution in [0.3, 0.4) is 0 Å². The highest BCUT2D eigenvalue weighted by Crippen LogP contribution is 2.41. The molecule has 0 fully saturated rings. The van der Waals surface area contributed by atoms with E-state index in [1.807, 2.05) is 0 Å². The monoisotopic (exact) mass is 679 g/mol. The molecule has 0 N–H and O–H groups in total. The van der Waals surface area contributed by atoms with Crippen molar-refractivity contribution in [2.45, 2.75) is 26.2 Å². The van der Waals surface area contributed by atoms with Gasteiger partial charge in [0, 0.05) is 17.1 Å². The van der Waals surface area contributed by atoms with Gasteiger partial charge < -0.3 is 4.90 Å². The zero-order valence-corrected chi connectivity index (χ0v) is 30.0. The minimum atomic E-state index is 1.11. The first-order chi connectivity index (χ1) is 26.2. The van der Waals surface area contributed by atoms with Crippen molar-refractivity contribution in [3.05, 3.63) is 200 Å². The predicted molar refractivity (Wildman–Crippen MR) is 229 cm³/mol. The maximum atomic E-state index is 2.38. The molecule has 0 aliphatic rings. The fraction of sp³-hybridized carbons (Fsp3) is 0.0769. The maximum Gasteiger partial charge on any atom is 0.0467 e. The predicted octanol–water partition coefficient (Wildman–Crippen LogP) is 15.0. The van der Waals surface area contributed by atoms with Crippen molar-refractivity contribution in [1.29, 1.82) is 0 Å². The van der Waals surface area contributed by atoms with Crippen molar-refractivity contribution >= 4 is 49.4 Å². The van der Waals surface area contributed by atoms with Gasteiger partial charge in [-0.25, -0.2) is 0 Å². The molecule has 9 aromatic carbocycles. The van der Waals surface area contributed by atoms with Crippen molar-refractivity contribution in [3.63, 3.8) is 0 Å². The van der Waals surface area contributed by atoms with Crippen LogP contribution in [0.15, 0.2) is 194 Å². The van der Waals surface area contributed by atoms with Gasteiger partial charge in [0.25, 0.3) is 0 Å². The van der Waals surface area contributed by atoms with E-state index in [1.54, 1.807) is 0 Å². The van der Waals surface area contributed by atoms with E-state index in [4.69, 9.17) is 0 Å². The van der Waals surface area contributed by atoms with Crippen LogP contribution in [0.5, 0.6) is 0 Å². The molecule has 53 heavy (non-hydrogen) atoms. The van der Waals surface area contributed by atoms with Crippen LogP contribution in [0, 0.1) is 0 Å². The molecular weight excluding hydrogens is 639 g/mol. The molecule has 9 rings (SSSR count). The van der Waals surface area contributed by atoms with Crippen LogP contribution in [0.1, 0.15) is 25.3 Å². The number of hydrogen-bond acceptors (Lipinski definition) is 1. The third-order valence-corrected chi connectivity index (χ3v) is 10.6. The van der Waals surface area contributed by atoms with E-state index in [-0.39, 0.29) is 0 Å². The Hall–Kier alpha value is -6.44. The molecule has 0 spiro atoms. The van der Waals surface area contributed by atoms with Crippen molar-refractivity contribution in [2.75, 3.05) is 4.90 Å². The van der Waals surface area contributed by atoms with E-state index in [0.717, 1.165) is 23.5 Å². The van der Waals surface area contributed by atoms with Gasteiger partial charge in [0.15, 0.2) is 0 Å². The number of nitrogens with zero attached hydrogens (tertiary/aromatic N) is 1. The van der Waals surface area contributed by atoms with Gasteiger partial charge in [0.05, 0.1) is 0 Å². The molecule has 0 heterocycles. The van der Waals surface area contributed by atoms with Crippen LogP contribution in [0.2, 0.25) is 0 Å². The summed E-state index contributed by atoms with van der Waals surface area (Å²) in [5.41, 5.74) is 12.1. The van der Waals surface area contributed by atoms with Gasteiger partial charge in [0.2, 0.25) is 0 Å². The number of anilines is 3. The van der Waals surface area contributed by atoms with Gasteiger partial charge in [-0.15, -0.1) is 0 Å². The Morgan fingerprint density at radius 2 is 0.943 bits per heavy atom. The minimum Gasteiger partial charge on any atom is -0.310 e. The molecular formula is C52H41N. The molecule has 0 saturated carbocycles. The lowest BCUT2D eigenvalue weighted by Crippen LogP contribution is -2.10. The lowest BCUT2D eigenvalue weighted by molar-refractivity contribution is 0.796. The summed E-state index contributed by atoms with van der Waals surface area (Å²) in [6.45, 7) is 2.25. The van der Waals surface area contributed by atoms with Gasteiger partial charge in [0.1, 0.15) is 0 Å². The quantitative estimate of drug-likeness (QED) is 0.137. The van der Waals surface area contributed by atoms with Crippen LogP contribution < -0.4 is 4.90 Å². The van der Waals surface area contributed by atoms with Crippen LogP contribution in [0.4, 0.5) is 17.1 Å². The van der Waals surface area contributed by atoms with Crippen LogP contribution in [-0.2, 0) is 6.42 Å². The Morgan fingerprint density at radius 1 is 0.358 bits per heavy atom. The second-order valence-electron chi connectivity index (χ2n) is 14.0. The Kier molecular flexibility index (Phi) is 8.75. The minimum absolute atomic E-state index is 1.11. The summed E-state index contributed by atoms with van der Waals surface area (Å²) in [6.07, 6.45) is 3.59. The summed E-state index contributed by atoms with van der Waals surface area (Å²) in [4.78, 5) is 2.38. The average Bonchev–Trinajstić information content (AvgIpc) is 3.23. The number of unbranched alkanes of at least 4 members (excludes halogenated alkanes) is 1. The van der Waals surface area contributed by atoms with Crippen molar-refractivity contribution in [3.8, 4) is 33.4 Å². The zero-order chi connectivity index (χ0) is 35.6. The number of benzene rings is 9. The number of fused-ring (bicyclic) bond motifs is 4. The SMILES string of the molecule is CCCCc1ccc2cc(-c3ccc(N(c4ccc(-c5ccccc5)cc4)c4cccc(-c5cc6ccccc6c6ccccc56)c4)cc3)ccc2c1. The van der Waals surface area contributed by atoms with Gasteiger partial charge in [-0.2, -0.15) is 0 Å². The molecule has 1 nitrogen and oxygen atoms in total. The van der Waals surface area contributed by atoms with E-state index >= 15 is 0 Å². The number of aryl methyl sites for hydroxylation is 1. The summed E-state index contributed by atoms with van der Waals surface area (Å²) in [7, 11) is 0. The highest BCUT2D eigenvalue weighted by atomic mass is 15.1. The molecule has 0 aromatic heterocycles. The molecule has 0 amide bonds. The Labute approximate surface area is 312 Å². The standard InChI is InChI=1S/C52H41N/c1-2-3-12-37-21-22-43-34-42(24-23-41(43)33-37)40-27-31-47(32-28-40)53(46-29-25-39(26-30-46)38-13-5-4-6-14-38)48-17-11-16-44(35-48)52-36-45-15-7-8-18-49(45)50-19-9-10-20-51(50)52/h4-11,13-36H,2-3,12H2,1H3. The molecule has 254 valence electrons. The van der Waals surface area contributed by atoms with E-state index in [1.165, 1.54) is 84.1 Å². The van der Waals surface area contributed by atoms with E-state index in [0.29, 0.717) is 0 Å². The van der Waals surface area contributed by atoms with E-state index in [2.05, 4.69) is 206 Å². The first-order valence-corrected chi connectivity index (χ1v) is 18.8. The largest absolute Gasteiger partial charge is 0.310 e. The first-order valence-electron chi connectivity index (χ1n) is 18.8. The molecule has 0 aliphatic carbocycles. The summed E-state index contributed by atoms with van der Waals surface area (Å²) in [5.74, 6) is 0. The van der Waals surface area contributed by atoms with E-state index in [9.17, 15) is 0 Å². The molecule has 9 aromatic rings. The molecule has 0 saturated heterocycles. The maximum absolute atomic E-state index is 2.38. The summed E-state index contributed by atoms with van der Waals surface area (Å²) < 4.78 is 0. The Balaban J connectivity index is 1.12. The van der Waals surface area contributed by atoms with E-state index < -0.39 is 0 Å². The Morgan fingerprint density at radius 3 is 1.70 bits per heavy atom. The van der Waals surface area contributed by atoms with Crippen LogP contribution in [0.25, 0.3) is 65.7 Å². The molecule has 1 heteroatoms. The lowest BCUT2D eigenvalue weighted by atomic mass is 9.93. The third-order valence-electron chi connectivity index (χ3n) is 10.6. The van der Waals surface area contributed by atoms with Crippen molar-refractivity contribution < 1.29 is 0 Å². The second-order valence-corrected chi connectivity index (χ2v) is 14.0. The van der Waals surface area contributed by atoms with Crippen molar-refractivity contribution in [2.24, 2.45) is 0 Å².